The van der Waals surface area contributed by atoms with E-state index in [4.69, 9.17) is 24.7 Å². The van der Waals surface area contributed by atoms with Crippen molar-refractivity contribution in [2.24, 2.45) is 5.73 Å². The van der Waals surface area contributed by atoms with Gasteiger partial charge in [-0.15, -0.1) is 0 Å². The molecule has 0 aliphatic carbocycles. The minimum absolute atomic E-state index is 0.0737. The topological polar surface area (TPSA) is 128 Å². The van der Waals surface area contributed by atoms with E-state index in [1.54, 1.807) is 12.1 Å². The van der Waals surface area contributed by atoms with Crippen LogP contribution >= 0.6 is 7.82 Å². The minimum atomic E-state index is -4.81. The van der Waals surface area contributed by atoms with Crippen LogP contribution in [0, 0.1) is 6.92 Å². The van der Waals surface area contributed by atoms with E-state index in [9.17, 15) is 17.7 Å². The fourth-order valence-electron chi connectivity index (χ4n) is 3.80. The lowest BCUT2D eigenvalue weighted by Crippen LogP contribution is -2.38. The van der Waals surface area contributed by atoms with Crippen molar-refractivity contribution in [2.45, 2.75) is 32.2 Å². The van der Waals surface area contributed by atoms with Crippen LogP contribution in [0.4, 0.5) is 13.2 Å². The molecule has 0 aliphatic rings. The molecule has 0 saturated heterocycles. The second-order valence-electron chi connectivity index (χ2n) is 9.17. The summed E-state index contributed by atoms with van der Waals surface area (Å²) in [6, 6.07) is 20.6. The monoisotopic (exact) mass is 562 g/mol. The molecule has 8 nitrogen and oxygen atoms in total. The molecule has 4 rings (SSSR count). The predicted molar refractivity (Wildman–Crippen MR) is 137 cm³/mol. The summed E-state index contributed by atoms with van der Waals surface area (Å²) in [5.41, 5.74) is 6.37. The molecular formula is C27H26F3N2O6P. The lowest BCUT2D eigenvalue weighted by atomic mass is 10.0. The Morgan fingerprint density at radius 2 is 1.59 bits per heavy atom. The van der Waals surface area contributed by atoms with Crippen molar-refractivity contribution in [1.29, 1.82) is 0 Å². The first-order valence-electron chi connectivity index (χ1n) is 11.7. The largest absolute Gasteiger partial charge is 0.488 e. The molecule has 206 valence electrons. The van der Waals surface area contributed by atoms with Gasteiger partial charge in [-0.3, -0.25) is 4.52 Å². The molecule has 0 bridgehead atoms. The normalized spacial score (nSPS) is 13.7. The lowest BCUT2D eigenvalue weighted by molar-refractivity contribution is -0.139. The van der Waals surface area contributed by atoms with Crippen molar-refractivity contribution >= 4 is 7.82 Å². The van der Waals surface area contributed by atoms with Crippen LogP contribution in [0.3, 0.4) is 0 Å². The maximum Gasteiger partial charge on any atom is 0.469 e. The van der Waals surface area contributed by atoms with E-state index in [2.05, 4.69) is 9.51 Å². The van der Waals surface area contributed by atoms with Crippen LogP contribution in [-0.2, 0) is 27.4 Å². The van der Waals surface area contributed by atoms with Crippen molar-refractivity contribution in [1.82, 2.24) is 4.98 Å². The van der Waals surface area contributed by atoms with Crippen LogP contribution in [0.5, 0.6) is 5.75 Å². The Bertz CT molecular complexity index is 1480. The third kappa shape index (κ3) is 7.14. The highest BCUT2D eigenvalue weighted by Crippen LogP contribution is 2.41. The van der Waals surface area contributed by atoms with E-state index < -0.39 is 31.7 Å². The third-order valence-corrected chi connectivity index (χ3v) is 6.30. The summed E-state index contributed by atoms with van der Waals surface area (Å²) in [6.07, 6.45) is -4.72. The maximum absolute atomic E-state index is 14.0. The van der Waals surface area contributed by atoms with Gasteiger partial charge in [0.1, 0.15) is 29.3 Å². The van der Waals surface area contributed by atoms with E-state index in [0.717, 1.165) is 17.2 Å². The number of nitrogens with zero attached hydrogens (tertiary/aromatic N) is 1. The first kappa shape index (κ1) is 28.5. The molecule has 0 spiro atoms. The molecule has 3 aromatic carbocycles. The quantitative estimate of drug-likeness (QED) is 0.206. The Morgan fingerprint density at radius 1 is 0.974 bits per heavy atom. The molecule has 4 N–H and O–H groups in total. The highest BCUT2D eigenvalue weighted by Gasteiger charge is 2.36. The summed E-state index contributed by atoms with van der Waals surface area (Å²) >= 11 is 0. The summed E-state index contributed by atoms with van der Waals surface area (Å²) in [5, 5.41) is 0. The Kier molecular flexibility index (Phi) is 8.02. The zero-order chi connectivity index (χ0) is 28.4. The number of aryl methyl sites for hydroxylation is 1. The van der Waals surface area contributed by atoms with Gasteiger partial charge in [-0.1, -0.05) is 54.6 Å². The first-order chi connectivity index (χ1) is 18.2. The van der Waals surface area contributed by atoms with Crippen molar-refractivity contribution in [3.8, 4) is 28.1 Å². The van der Waals surface area contributed by atoms with Gasteiger partial charge in [0, 0.05) is 5.56 Å². The van der Waals surface area contributed by atoms with Gasteiger partial charge in [0.25, 0.3) is 0 Å². The molecule has 1 atom stereocenters. The lowest BCUT2D eigenvalue weighted by Gasteiger charge is -2.20. The number of aromatic nitrogens is 1. The van der Waals surface area contributed by atoms with Gasteiger partial charge in [-0.05, 0) is 48.7 Å². The standard InChI is InChI=1S/C27H26F3N2O6P/c1-17-24(32-25(38-17)26(2,31)16-37-39(33,34)35)21-12-13-23(22(14-21)27(28,29)30)36-15-18-8-10-20(11-9-18)19-6-4-3-5-7-19/h3-14H,15-16,31H2,1-2H3,(H2,33,34,35)/t26-/m0/s1. The second-order valence-corrected chi connectivity index (χ2v) is 10.4. The van der Waals surface area contributed by atoms with Crippen LogP contribution in [0.25, 0.3) is 22.4 Å². The molecule has 0 aliphatic heterocycles. The molecule has 0 amide bonds. The molecule has 39 heavy (non-hydrogen) atoms. The average molecular weight is 562 g/mol. The van der Waals surface area contributed by atoms with Gasteiger partial charge < -0.3 is 24.7 Å². The predicted octanol–water partition coefficient (Wildman–Crippen LogP) is 6.20. The molecule has 0 unspecified atom stereocenters. The van der Waals surface area contributed by atoms with E-state index >= 15 is 0 Å². The number of oxazole rings is 1. The van der Waals surface area contributed by atoms with Crippen LogP contribution in [-0.4, -0.2) is 21.4 Å². The number of rotatable bonds is 9. The number of alkyl halides is 3. The van der Waals surface area contributed by atoms with E-state index in [0.29, 0.717) is 5.56 Å². The SMILES string of the molecule is Cc1oc([C@@](C)(N)COP(=O)(O)O)nc1-c1ccc(OCc2ccc(-c3ccccc3)cc2)c(C(F)(F)F)c1. The van der Waals surface area contributed by atoms with Crippen LogP contribution in [0.15, 0.2) is 77.2 Å². The second kappa shape index (κ2) is 11.0. The first-order valence-corrected chi connectivity index (χ1v) is 13.2. The number of nitrogens with two attached hydrogens (primary N) is 1. The Balaban J connectivity index is 1.55. The number of halogens is 3. The summed E-state index contributed by atoms with van der Waals surface area (Å²) in [7, 11) is -4.81. The van der Waals surface area contributed by atoms with E-state index in [1.807, 2.05) is 42.5 Å². The molecule has 4 aromatic rings. The molecule has 0 fully saturated rings. The summed E-state index contributed by atoms with van der Waals surface area (Å²) in [5.74, 6) is -0.340. The van der Waals surface area contributed by atoms with Crippen molar-refractivity contribution in [3.63, 3.8) is 0 Å². The Morgan fingerprint density at radius 3 is 2.21 bits per heavy atom. The molecule has 1 aromatic heterocycles. The summed E-state index contributed by atoms with van der Waals surface area (Å²) in [6.45, 7) is 2.14. The Hall–Kier alpha value is -3.47. The molecule has 0 radical (unpaired) electrons. The molecular weight excluding hydrogens is 536 g/mol. The number of phosphoric acid groups is 1. The number of hydrogen-bond donors (Lipinski definition) is 3. The van der Waals surface area contributed by atoms with Crippen molar-refractivity contribution < 1.29 is 41.2 Å². The fourth-order valence-corrected chi connectivity index (χ4v) is 4.23. The van der Waals surface area contributed by atoms with Gasteiger partial charge in [-0.2, -0.15) is 13.2 Å². The van der Waals surface area contributed by atoms with Crippen LogP contribution < -0.4 is 10.5 Å². The highest BCUT2D eigenvalue weighted by molar-refractivity contribution is 7.46. The van der Waals surface area contributed by atoms with Crippen LogP contribution in [0.2, 0.25) is 0 Å². The third-order valence-electron chi connectivity index (χ3n) is 5.83. The van der Waals surface area contributed by atoms with Crippen LogP contribution in [0.1, 0.15) is 29.7 Å². The number of ether oxygens (including phenoxy) is 1. The molecule has 1 heterocycles. The van der Waals surface area contributed by atoms with Gasteiger partial charge in [0.15, 0.2) is 0 Å². The smallest absolute Gasteiger partial charge is 0.469 e. The molecule has 0 saturated carbocycles. The maximum atomic E-state index is 14.0. The summed E-state index contributed by atoms with van der Waals surface area (Å²) < 4.78 is 68.5. The van der Waals surface area contributed by atoms with Crippen molar-refractivity contribution in [3.05, 3.63) is 95.6 Å². The van der Waals surface area contributed by atoms with E-state index in [1.165, 1.54) is 26.0 Å². The van der Waals surface area contributed by atoms with Gasteiger partial charge in [0.2, 0.25) is 5.89 Å². The van der Waals surface area contributed by atoms with Crippen molar-refractivity contribution in [2.75, 3.05) is 6.61 Å². The zero-order valence-electron chi connectivity index (χ0n) is 21.0. The highest BCUT2D eigenvalue weighted by atomic mass is 31.2. The Labute approximate surface area is 222 Å². The van der Waals surface area contributed by atoms with Gasteiger partial charge >= 0.3 is 14.0 Å². The summed E-state index contributed by atoms with van der Waals surface area (Å²) in [4.78, 5) is 22.1. The zero-order valence-corrected chi connectivity index (χ0v) is 21.9. The molecule has 12 heteroatoms. The van der Waals surface area contributed by atoms with Gasteiger partial charge in [-0.25, -0.2) is 9.55 Å². The minimum Gasteiger partial charge on any atom is -0.488 e. The number of phosphoric ester groups is 1. The van der Waals surface area contributed by atoms with E-state index in [-0.39, 0.29) is 35.3 Å². The fraction of sp³-hybridized carbons (Fsp3) is 0.222. The van der Waals surface area contributed by atoms with Gasteiger partial charge in [0.05, 0.1) is 12.2 Å². The number of hydrogen-bond acceptors (Lipinski definition) is 6. The average Bonchev–Trinajstić information content (AvgIpc) is 3.29. The number of benzene rings is 3.